The molecule has 1 aliphatic heterocycles. The lowest BCUT2D eigenvalue weighted by atomic mass is 9.99. The summed E-state index contributed by atoms with van der Waals surface area (Å²) in [6, 6.07) is 16.7. The van der Waals surface area contributed by atoms with Gasteiger partial charge >= 0.3 is 0 Å². The first-order chi connectivity index (χ1) is 20.5. The van der Waals surface area contributed by atoms with Crippen molar-refractivity contribution in [2.24, 2.45) is 0 Å². The number of amides is 1. The minimum absolute atomic E-state index is 0.255. The first kappa shape index (κ1) is 31.0. The van der Waals surface area contributed by atoms with Crippen molar-refractivity contribution in [2.45, 2.75) is 19.0 Å². The van der Waals surface area contributed by atoms with Crippen LogP contribution in [0.25, 0.3) is 22.2 Å². The molecule has 1 aliphatic rings. The molecule has 1 amide bonds. The zero-order chi connectivity index (χ0) is 30.7. The second-order valence-electron chi connectivity index (χ2n) is 10.4. The van der Waals surface area contributed by atoms with Crippen molar-refractivity contribution in [1.82, 2.24) is 19.8 Å². The molecular weight excluding hydrogens is 613 g/mol. The number of aromatic nitrogens is 2. The molecule has 1 saturated heterocycles. The van der Waals surface area contributed by atoms with Crippen molar-refractivity contribution in [3.05, 3.63) is 92.8 Å². The fourth-order valence-corrected chi connectivity index (χ4v) is 5.97. The molecule has 13 heteroatoms. The number of fused-ring (bicyclic) bond motifs is 1. The van der Waals surface area contributed by atoms with E-state index in [2.05, 4.69) is 19.9 Å². The van der Waals surface area contributed by atoms with E-state index < -0.39 is 21.6 Å². The number of morpholine rings is 1. The summed E-state index contributed by atoms with van der Waals surface area (Å²) in [5.41, 5.74) is 3.49. The third kappa shape index (κ3) is 7.54. The van der Waals surface area contributed by atoms with Gasteiger partial charge in [0, 0.05) is 25.3 Å². The summed E-state index contributed by atoms with van der Waals surface area (Å²) in [4.78, 5) is 33.0. The van der Waals surface area contributed by atoms with E-state index in [-0.39, 0.29) is 17.0 Å². The summed E-state index contributed by atoms with van der Waals surface area (Å²) in [6.45, 7) is 4.88. The Balaban J connectivity index is 1.42. The van der Waals surface area contributed by atoms with Crippen molar-refractivity contribution >= 4 is 55.9 Å². The van der Waals surface area contributed by atoms with Gasteiger partial charge in [0.2, 0.25) is 15.9 Å². The fourth-order valence-electron chi connectivity index (χ4n) is 5.10. The van der Waals surface area contributed by atoms with E-state index in [0.717, 1.165) is 36.0 Å². The highest BCUT2D eigenvalue weighted by Gasteiger charge is 2.25. The Labute approximate surface area is 259 Å². The third-order valence-corrected chi connectivity index (χ3v) is 8.60. The Kier molecular flexibility index (Phi) is 9.38. The Morgan fingerprint density at radius 3 is 2.42 bits per heavy atom. The second kappa shape index (κ2) is 13.0. The highest BCUT2D eigenvalue weighted by Crippen LogP contribution is 2.28. The number of ether oxygens (including phenoxy) is 1. The van der Waals surface area contributed by atoms with Crippen LogP contribution in [0.5, 0.6) is 0 Å². The molecule has 1 aromatic heterocycles. The molecule has 0 bridgehead atoms. The summed E-state index contributed by atoms with van der Waals surface area (Å²) >= 11 is 12.4. The predicted molar refractivity (Wildman–Crippen MR) is 169 cm³/mol. The first-order valence-corrected chi connectivity index (χ1v) is 16.3. The maximum absolute atomic E-state index is 13.7. The number of sulfonamides is 1. The Morgan fingerprint density at radius 1 is 1.02 bits per heavy atom. The van der Waals surface area contributed by atoms with Gasteiger partial charge in [-0.25, -0.2) is 13.4 Å². The number of nitrogens with one attached hydrogen (secondary N) is 2. The van der Waals surface area contributed by atoms with E-state index >= 15 is 0 Å². The molecule has 10 nitrogen and oxygen atoms in total. The van der Waals surface area contributed by atoms with Gasteiger partial charge < -0.3 is 10.1 Å². The van der Waals surface area contributed by atoms with E-state index in [1.165, 1.54) is 10.8 Å². The molecule has 43 heavy (non-hydrogen) atoms. The zero-order valence-corrected chi connectivity index (χ0v) is 25.9. The number of benzene rings is 3. The Morgan fingerprint density at radius 2 is 1.72 bits per heavy atom. The van der Waals surface area contributed by atoms with Crippen LogP contribution in [-0.2, 0) is 19.6 Å². The van der Waals surface area contributed by atoms with Gasteiger partial charge in [-0.15, -0.1) is 0 Å². The number of rotatable bonds is 9. The number of anilines is 1. The predicted octanol–water partition coefficient (Wildman–Crippen LogP) is 4.49. The molecule has 2 atom stereocenters. The van der Waals surface area contributed by atoms with Crippen LogP contribution in [0.15, 0.2) is 71.7 Å². The van der Waals surface area contributed by atoms with Gasteiger partial charge in [0.15, 0.2) is 0 Å². The van der Waals surface area contributed by atoms with Crippen LogP contribution in [0, 0.1) is 0 Å². The topological polar surface area (TPSA) is 123 Å². The third-order valence-electron chi connectivity index (χ3n) is 7.27. The number of nitrogens with zero attached hydrogens (tertiary/aromatic N) is 3. The maximum Gasteiger partial charge on any atom is 0.270 e. The molecule has 226 valence electrons. The average Bonchev–Trinajstić information content (AvgIpc) is 2.97. The molecule has 3 aromatic carbocycles. The maximum atomic E-state index is 13.7. The number of halogens is 2. The zero-order valence-electron chi connectivity index (χ0n) is 23.6. The quantitative estimate of drug-likeness (QED) is 0.275. The van der Waals surface area contributed by atoms with E-state index in [1.54, 1.807) is 37.3 Å². The molecule has 4 aromatic rings. The Hall–Kier alpha value is -3.48. The molecule has 0 spiro atoms. The summed E-state index contributed by atoms with van der Waals surface area (Å²) in [6.07, 6.45) is 2.28. The smallest absolute Gasteiger partial charge is 0.270 e. The summed E-state index contributed by atoms with van der Waals surface area (Å²) < 4.78 is 32.7. The van der Waals surface area contributed by atoms with E-state index in [1.807, 2.05) is 30.3 Å². The second-order valence-corrected chi connectivity index (χ2v) is 13.0. The van der Waals surface area contributed by atoms with Crippen molar-refractivity contribution < 1.29 is 17.9 Å². The first-order valence-electron chi connectivity index (χ1n) is 13.6. The van der Waals surface area contributed by atoms with Crippen LogP contribution in [0.4, 0.5) is 5.69 Å². The molecular formula is C30H31Cl2N5O5S. The number of hydrogen-bond acceptors (Lipinski definition) is 7. The monoisotopic (exact) mass is 643 g/mol. The number of carbonyl (C=O) groups excluding carboxylic acids is 1. The van der Waals surface area contributed by atoms with Crippen LogP contribution < -0.4 is 15.6 Å². The van der Waals surface area contributed by atoms with Crippen molar-refractivity contribution in [1.29, 1.82) is 0 Å². The van der Waals surface area contributed by atoms with Crippen LogP contribution in [-0.4, -0.2) is 67.9 Å². The van der Waals surface area contributed by atoms with Gasteiger partial charge in [0.05, 0.1) is 52.8 Å². The highest BCUT2D eigenvalue weighted by molar-refractivity contribution is 7.92. The molecule has 0 aliphatic carbocycles. The largest absolute Gasteiger partial charge is 0.379 e. The van der Waals surface area contributed by atoms with Gasteiger partial charge in [-0.2, -0.15) is 0 Å². The van der Waals surface area contributed by atoms with Gasteiger partial charge in [-0.3, -0.25) is 23.8 Å². The molecule has 0 radical (unpaired) electrons. The van der Waals surface area contributed by atoms with Gasteiger partial charge in [-0.1, -0.05) is 59.6 Å². The average molecular weight is 645 g/mol. The van der Waals surface area contributed by atoms with Crippen molar-refractivity contribution in [2.75, 3.05) is 43.8 Å². The fraction of sp³-hybridized carbons (Fsp3) is 0.300. The van der Waals surface area contributed by atoms with Gasteiger partial charge in [0.25, 0.3) is 5.56 Å². The summed E-state index contributed by atoms with van der Waals surface area (Å²) in [5, 5.41) is 3.71. The molecule has 5 rings (SSSR count). The SMILES string of the molecule is CC(C(=O)NC(CN1CCOCC1)c1ccc(-c2cccc(NS(C)(=O)=O)c2)cc1)n1c(=O)cnc2cc(Cl)c(Cl)cc21. The van der Waals surface area contributed by atoms with Crippen LogP contribution in [0.2, 0.25) is 10.0 Å². The molecule has 2 unspecified atom stereocenters. The number of carbonyl (C=O) groups is 1. The van der Waals surface area contributed by atoms with Crippen LogP contribution >= 0.6 is 23.2 Å². The lowest BCUT2D eigenvalue weighted by Crippen LogP contribution is -2.45. The summed E-state index contributed by atoms with van der Waals surface area (Å²) in [5.74, 6) is -0.345. The molecule has 0 saturated carbocycles. The van der Waals surface area contributed by atoms with Crippen LogP contribution in [0.3, 0.4) is 0 Å². The molecule has 2 N–H and O–H groups in total. The Bertz CT molecular complexity index is 1810. The molecule has 1 fully saturated rings. The van der Waals surface area contributed by atoms with Crippen molar-refractivity contribution in [3.63, 3.8) is 0 Å². The summed E-state index contributed by atoms with van der Waals surface area (Å²) in [7, 11) is -3.41. The van der Waals surface area contributed by atoms with E-state index in [0.29, 0.717) is 41.5 Å². The van der Waals surface area contributed by atoms with Crippen LogP contribution in [0.1, 0.15) is 24.6 Å². The normalized spacial score (nSPS) is 15.6. The van der Waals surface area contributed by atoms with Gasteiger partial charge in [0.1, 0.15) is 6.04 Å². The van der Waals surface area contributed by atoms with E-state index in [4.69, 9.17) is 27.9 Å². The molecule has 2 heterocycles. The van der Waals surface area contributed by atoms with E-state index in [9.17, 15) is 18.0 Å². The number of hydrogen-bond donors (Lipinski definition) is 2. The minimum atomic E-state index is -3.41. The highest BCUT2D eigenvalue weighted by atomic mass is 35.5. The van der Waals surface area contributed by atoms with Crippen molar-refractivity contribution in [3.8, 4) is 11.1 Å². The standard InChI is InChI=1S/C30H31Cl2N5O5S/c1-19(37-28-16-25(32)24(31)15-26(28)33-17-29(37)38)30(39)34-27(18-36-10-12-42-13-11-36)21-8-6-20(7-9-21)22-4-3-5-23(14-22)35-43(2,40)41/h3-9,14-17,19,27,35H,10-13,18H2,1-2H3,(H,34,39). The lowest BCUT2D eigenvalue weighted by molar-refractivity contribution is -0.124. The lowest BCUT2D eigenvalue weighted by Gasteiger charge is -2.32. The minimum Gasteiger partial charge on any atom is -0.379 e. The van der Waals surface area contributed by atoms with Gasteiger partial charge in [-0.05, 0) is 47.9 Å².